The van der Waals surface area contributed by atoms with Gasteiger partial charge in [-0.3, -0.25) is 24.0 Å². The predicted molar refractivity (Wildman–Crippen MR) is 150 cm³/mol. The highest BCUT2D eigenvalue weighted by atomic mass is 16.5. The minimum Gasteiger partial charge on any atom is -0.481 e. The quantitative estimate of drug-likeness (QED) is 0.101. The fourth-order valence-corrected chi connectivity index (χ4v) is 3.94. The van der Waals surface area contributed by atoms with Crippen molar-refractivity contribution < 1.29 is 49.1 Å². The number of carbonyl (C=O) groups excluding carboxylic acids is 4. The van der Waals surface area contributed by atoms with Crippen LogP contribution in [0.15, 0.2) is 30.3 Å². The predicted octanol–water partition coefficient (Wildman–Crippen LogP) is -1.04. The molecule has 0 aliphatic carbocycles. The summed E-state index contributed by atoms with van der Waals surface area (Å²) in [4.78, 5) is 61.3. The van der Waals surface area contributed by atoms with Crippen molar-refractivity contribution in [2.45, 2.75) is 89.9 Å². The fourth-order valence-electron chi connectivity index (χ4n) is 3.94. The molecule has 1 rings (SSSR count). The van der Waals surface area contributed by atoms with E-state index < -0.39 is 85.2 Å². The Balaban J connectivity index is 3.12. The third-order valence-electron chi connectivity index (χ3n) is 6.41. The van der Waals surface area contributed by atoms with E-state index in [0.29, 0.717) is 5.56 Å². The summed E-state index contributed by atoms with van der Waals surface area (Å²) >= 11 is 0. The maximum atomic E-state index is 13.2. The Labute approximate surface area is 245 Å². The van der Waals surface area contributed by atoms with Crippen molar-refractivity contribution in [1.29, 1.82) is 0 Å². The zero-order chi connectivity index (χ0) is 32.1. The standard InChI is InChI=1S/C28H44N4O10/c1-14(2)11-19(31-27(40)22(29)15(3)4)26(39)32-20(13-42-16(5)33)23(36)24(37)25(38)28(41)30-18(12-21(34)35)17-9-7-6-8-10-17/h6-10,14-15,18-20,22-25,36-38H,11-13,29H2,1-5H3,(H,30,41)(H,31,40)(H,32,39)(H,34,35)/t18-,19-,20-,22-,23+,24+,25-/m0/s1. The van der Waals surface area contributed by atoms with Crippen LogP contribution in [-0.2, 0) is 28.7 Å². The average molecular weight is 597 g/mol. The number of carbonyl (C=O) groups is 5. The van der Waals surface area contributed by atoms with Gasteiger partial charge in [0.15, 0.2) is 6.10 Å². The molecule has 1 aromatic rings. The Hall–Kier alpha value is -3.59. The van der Waals surface area contributed by atoms with Crippen LogP contribution in [0.4, 0.5) is 0 Å². The monoisotopic (exact) mass is 596 g/mol. The number of aliphatic hydroxyl groups is 3. The highest BCUT2D eigenvalue weighted by molar-refractivity contribution is 5.90. The van der Waals surface area contributed by atoms with Gasteiger partial charge in [0.1, 0.15) is 24.9 Å². The van der Waals surface area contributed by atoms with Crippen molar-refractivity contribution in [1.82, 2.24) is 16.0 Å². The number of aliphatic carboxylic acids is 1. The van der Waals surface area contributed by atoms with Crippen LogP contribution in [0.5, 0.6) is 0 Å². The first-order chi connectivity index (χ1) is 19.5. The van der Waals surface area contributed by atoms with Gasteiger partial charge in [-0.1, -0.05) is 58.0 Å². The van der Waals surface area contributed by atoms with Gasteiger partial charge in [0, 0.05) is 6.92 Å². The van der Waals surface area contributed by atoms with Gasteiger partial charge in [0.05, 0.1) is 24.5 Å². The van der Waals surface area contributed by atoms with E-state index in [4.69, 9.17) is 10.5 Å². The lowest BCUT2D eigenvalue weighted by molar-refractivity contribution is -0.151. The first kappa shape index (κ1) is 36.4. The molecular formula is C28H44N4O10. The van der Waals surface area contributed by atoms with Crippen molar-refractivity contribution in [3.05, 3.63) is 35.9 Å². The largest absolute Gasteiger partial charge is 0.481 e. The molecule has 0 spiro atoms. The number of rotatable bonds is 17. The highest BCUT2D eigenvalue weighted by Gasteiger charge is 2.38. The Kier molecular flexibility index (Phi) is 15.1. The number of esters is 1. The molecule has 0 bridgehead atoms. The number of nitrogens with two attached hydrogens (primary N) is 1. The summed E-state index contributed by atoms with van der Waals surface area (Å²) in [6.45, 7) is 7.52. The number of benzene rings is 1. The number of nitrogens with one attached hydrogen (secondary N) is 3. The highest BCUT2D eigenvalue weighted by Crippen LogP contribution is 2.18. The number of carboxylic acids is 1. The van der Waals surface area contributed by atoms with E-state index in [1.165, 1.54) is 0 Å². The molecule has 236 valence electrons. The fraction of sp³-hybridized carbons (Fsp3) is 0.607. The number of carboxylic acid groups (broad SMARTS) is 1. The van der Waals surface area contributed by atoms with Crippen LogP contribution in [0.2, 0.25) is 0 Å². The molecule has 0 aromatic heterocycles. The molecule has 14 nitrogen and oxygen atoms in total. The van der Waals surface area contributed by atoms with E-state index in [1.807, 2.05) is 13.8 Å². The molecule has 0 saturated carbocycles. The molecule has 0 radical (unpaired) electrons. The first-order valence-electron chi connectivity index (χ1n) is 13.7. The van der Waals surface area contributed by atoms with E-state index in [-0.39, 0.29) is 18.3 Å². The minimum atomic E-state index is -2.27. The van der Waals surface area contributed by atoms with Crippen LogP contribution in [-0.4, -0.2) is 93.1 Å². The molecule has 7 atom stereocenters. The second-order valence-electron chi connectivity index (χ2n) is 10.9. The zero-order valence-electron chi connectivity index (χ0n) is 24.5. The molecule has 0 aliphatic heterocycles. The van der Waals surface area contributed by atoms with Gasteiger partial charge in [0.2, 0.25) is 11.8 Å². The number of ether oxygens (including phenoxy) is 1. The minimum absolute atomic E-state index is 0.0624. The average Bonchev–Trinajstić information content (AvgIpc) is 2.92. The number of hydrogen-bond acceptors (Lipinski definition) is 10. The molecule has 0 fully saturated rings. The van der Waals surface area contributed by atoms with Gasteiger partial charge >= 0.3 is 11.9 Å². The third kappa shape index (κ3) is 12.1. The second kappa shape index (κ2) is 17.4. The van der Waals surface area contributed by atoms with E-state index in [9.17, 15) is 44.4 Å². The summed E-state index contributed by atoms with van der Waals surface area (Å²) in [6, 6.07) is 3.47. The van der Waals surface area contributed by atoms with Crippen molar-refractivity contribution in [2.75, 3.05) is 6.61 Å². The molecule has 0 saturated heterocycles. The normalized spacial score (nSPS) is 16.4. The van der Waals surface area contributed by atoms with E-state index in [1.54, 1.807) is 44.2 Å². The summed E-state index contributed by atoms with van der Waals surface area (Å²) < 4.78 is 4.91. The van der Waals surface area contributed by atoms with Crippen molar-refractivity contribution >= 4 is 29.7 Å². The maximum absolute atomic E-state index is 13.2. The lowest BCUT2D eigenvalue weighted by atomic mass is 9.97. The van der Waals surface area contributed by atoms with Gasteiger partial charge in [-0.2, -0.15) is 0 Å². The van der Waals surface area contributed by atoms with Crippen LogP contribution in [0.3, 0.4) is 0 Å². The Morgan fingerprint density at radius 3 is 1.95 bits per heavy atom. The number of hydrogen-bond donors (Lipinski definition) is 8. The summed E-state index contributed by atoms with van der Waals surface area (Å²) in [6.07, 6.45) is -6.88. The van der Waals surface area contributed by atoms with E-state index in [2.05, 4.69) is 16.0 Å². The van der Waals surface area contributed by atoms with Gasteiger partial charge < -0.3 is 46.8 Å². The van der Waals surface area contributed by atoms with Gasteiger partial charge in [-0.15, -0.1) is 0 Å². The Morgan fingerprint density at radius 2 is 1.45 bits per heavy atom. The lowest BCUT2D eigenvalue weighted by Crippen LogP contribution is -2.60. The maximum Gasteiger partial charge on any atom is 0.305 e. The van der Waals surface area contributed by atoms with Crippen molar-refractivity contribution in [2.24, 2.45) is 17.6 Å². The molecule has 1 aromatic carbocycles. The lowest BCUT2D eigenvalue weighted by Gasteiger charge is -2.31. The summed E-state index contributed by atoms with van der Waals surface area (Å²) in [5.41, 5.74) is 6.32. The van der Waals surface area contributed by atoms with Crippen molar-refractivity contribution in [3.63, 3.8) is 0 Å². The molecule has 0 heterocycles. The Bertz CT molecular complexity index is 1050. The summed E-state index contributed by atoms with van der Waals surface area (Å²) in [5.74, 6) is -4.85. The summed E-state index contributed by atoms with van der Waals surface area (Å²) in [7, 11) is 0. The van der Waals surface area contributed by atoms with Crippen LogP contribution in [0.1, 0.15) is 59.1 Å². The van der Waals surface area contributed by atoms with Crippen LogP contribution in [0, 0.1) is 11.8 Å². The van der Waals surface area contributed by atoms with Crippen LogP contribution >= 0.6 is 0 Å². The SMILES string of the molecule is CC(=O)OC[C@H](NC(=O)[C@H](CC(C)C)NC(=O)[C@@H](N)C(C)C)[C@@H](O)[C@@H](O)[C@H](O)C(=O)N[C@@H](CC(=O)O)c1ccccc1. The molecule has 0 aliphatic rings. The first-order valence-corrected chi connectivity index (χ1v) is 13.7. The Morgan fingerprint density at radius 1 is 0.857 bits per heavy atom. The van der Waals surface area contributed by atoms with E-state index >= 15 is 0 Å². The molecule has 3 amide bonds. The van der Waals surface area contributed by atoms with Crippen LogP contribution < -0.4 is 21.7 Å². The summed E-state index contributed by atoms with van der Waals surface area (Å²) in [5, 5.41) is 48.7. The molecule has 0 unspecified atom stereocenters. The number of amides is 3. The van der Waals surface area contributed by atoms with Gasteiger partial charge in [-0.25, -0.2) is 0 Å². The zero-order valence-corrected chi connectivity index (χ0v) is 24.5. The molecule has 14 heteroatoms. The third-order valence-corrected chi connectivity index (χ3v) is 6.41. The van der Waals surface area contributed by atoms with Crippen molar-refractivity contribution in [3.8, 4) is 0 Å². The smallest absolute Gasteiger partial charge is 0.305 e. The van der Waals surface area contributed by atoms with Gasteiger partial charge in [-0.05, 0) is 23.8 Å². The molecule has 42 heavy (non-hydrogen) atoms. The van der Waals surface area contributed by atoms with Gasteiger partial charge in [0.25, 0.3) is 5.91 Å². The van der Waals surface area contributed by atoms with Crippen LogP contribution in [0.25, 0.3) is 0 Å². The number of aliphatic hydroxyl groups excluding tert-OH is 3. The topological polar surface area (TPSA) is 238 Å². The van der Waals surface area contributed by atoms with E-state index in [0.717, 1.165) is 6.92 Å². The molecular weight excluding hydrogens is 552 g/mol. The second-order valence-corrected chi connectivity index (χ2v) is 10.9. The molecule has 9 N–H and O–H groups in total.